The van der Waals surface area contributed by atoms with E-state index in [2.05, 4.69) is 36.4 Å². The van der Waals surface area contributed by atoms with Crippen LogP contribution < -0.4 is 0 Å². The van der Waals surface area contributed by atoms with E-state index in [0.29, 0.717) is 10.0 Å². The van der Waals surface area contributed by atoms with Gasteiger partial charge in [-0.05, 0) is 34.4 Å². The van der Waals surface area contributed by atoms with Crippen LogP contribution in [0.2, 0.25) is 10.0 Å². The molecule has 0 spiro atoms. The summed E-state index contributed by atoms with van der Waals surface area (Å²) >= 11 is 12.0. The van der Waals surface area contributed by atoms with Gasteiger partial charge in [-0.3, -0.25) is 0 Å². The minimum atomic E-state index is 0.580. The fraction of sp³-hybridized carbons (Fsp3) is 0. The molecular weight excluding hydrogens is 287 g/mol. The molecule has 2 heteroatoms. The van der Waals surface area contributed by atoms with Crippen molar-refractivity contribution in [2.45, 2.75) is 0 Å². The van der Waals surface area contributed by atoms with Crippen LogP contribution in [0.3, 0.4) is 0 Å². The Balaban J connectivity index is 1.95. The monoisotopic (exact) mass is 298 g/mol. The molecule has 0 saturated carbocycles. The van der Waals surface area contributed by atoms with E-state index in [4.69, 9.17) is 23.2 Å². The number of hydrogen-bond acceptors (Lipinski definition) is 0. The van der Waals surface area contributed by atoms with Crippen LogP contribution in [-0.4, -0.2) is 0 Å². The quantitative estimate of drug-likeness (QED) is 0.519. The lowest BCUT2D eigenvalue weighted by Gasteiger charge is -2.06. The van der Waals surface area contributed by atoms with Gasteiger partial charge >= 0.3 is 0 Å². The van der Waals surface area contributed by atoms with Crippen molar-refractivity contribution in [2.75, 3.05) is 0 Å². The van der Waals surface area contributed by atoms with Crippen LogP contribution in [0.1, 0.15) is 0 Å². The minimum absolute atomic E-state index is 0.580. The fourth-order valence-corrected chi connectivity index (χ4v) is 2.46. The molecule has 0 bridgehead atoms. The van der Waals surface area contributed by atoms with Gasteiger partial charge in [0.05, 0.1) is 10.0 Å². The van der Waals surface area contributed by atoms with Crippen LogP contribution in [0.15, 0.2) is 72.8 Å². The largest absolute Gasteiger partial charge is 0.0827 e. The van der Waals surface area contributed by atoms with Crippen molar-refractivity contribution in [1.29, 1.82) is 0 Å². The van der Waals surface area contributed by atoms with Gasteiger partial charge in [-0.25, -0.2) is 0 Å². The van der Waals surface area contributed by atoms with Crippen molar-refractivity contribution in [3.8, 4) is 22.3 Å². The number of halogens is 2. The lowest BCUT2D eigenvalue weighted by atomic mass is 10.0. The second-order valence-electron chi connectivity index (χ2n) is 4.57. The Labute approximate surface area is 128 Å². The molecular formula is C18H12Cl2. The third-order valence-corrected chi connectivity index (χ3v) is 3.98. The fourth-order valence-electron chi connectivity index (χ4n) is 2.16. The van der Waals surface area contributed by atoms with Gasteiger partial charge in [-0.1, -0.05) is 83.9 Å². The number of hydrogen-bond donors (Lipinski definition) is 0. The van der Waals surface area contributed by atoms with Gasteiger partial charge in [0.25, 0.3) is 0 Å². The van der Waals surface area contributed by atoms with Crippen LogP contribution in [0, 0.1) is 0 Å². The molecule has 98 valence electrons. The Bertz CT molecular complexity index is 716. The third kappa shape index (κ3) is 2.72. The summed E-state index contributed by atoms with van der Waals surface area (Å²) in [5.41, 5.74) is 4.62. The standard InChI is InChI=1S/C18H12Cl2/c19-17-11-10-16(12-18(17)20)15-8-6-14(7-9-15)13-4-2-1-3-5-13/h1-12H. The Kier molecular flexibility index (Phi) is 3.77. The molecule has 0 aliphatic heterocycles. The predicted octanol–water partition coefficient (Wildman–Crippen LogP) is 6.33. The molecule has 0 radical (unpaired) electrons. The molecule has 3 aromatic carbocycles. The highest BCUT2D eigenvalue weighted by molar-refractivity contribution is 6.42. The first-order chi connectivity index (χ1) is 9.74. The van der Waals surface area contributed by atoms with Crippen molar-refractivity contribution in [3.63, 3.8) is 0 Å². The van der Waals surface area contributed by atoms with E-state index < -0.39 is 0 Å². The maximum atomic E-state index is 6.06. The van der Waals surface area contributed by atoms with Crippen molar-refractivity contribution >= 4 is 23.2 Å². The van der Waals surface area contributed by atoms with Crippen molar-refractivity contribution in [1.82, 2.24) is 0 Å². The molecule has 20 heavy (non-hydrogen) atoms. The Morgan fingerprint density at radius 2 is 0.950 bits per heavy atom. The zero-order chi connectivity index (χ0) is 13.9. The first-order valence-corrected chi connectivity index (χ1v) is 7.10. The molecule has 0 amide bonds. The van der Waals surface area contributed by atoms with E-state index in [-0.39, 0.29) is 0 Å². The maximum Gasteiger partial charge on any atom is 0.0598 e. The summed E-state index contributed by atoms with van der Waals surface area (Å²) in [6.45, 7) is 0. The molecule has 3 rings (SSSR count). The third-order valence-electron chi connectivity index (χ3n) is 3.24. The SMILES string of the molecule is Clc1ccc(-c2ccc(-c3ccccc3)cc2)cc1Cl. The van der Waals surface area contributed by atoms with Gasteiger partial charge in [-0.2, -0.15) is 0 Å². The molecule has 0 atom stereocenters. The van der Waals surface area contributed by atoms with E-state index >= 15 is 0 Å². The summed E-state index contributed by atoms with van der Waals surface area (Å²) in [5.74, 6) is 0. The molecule has 0 heterocycles. The normalized spacial score (nSPS) is 10.5. The summed E-state index contributed by atoms with van der Waals surface area (Å²) in [5, 5.41) is 1.16. The average molecular weight is 299 g/mol. The number of benzene rings is 3. The van der Waals surface area contributed by atoms with E-state index in [1.54, 1.807) is 0 Å². The topological polar surface area (TPSA) is 0 Å². The first kappa shape index (κ1) is 13.2. The van der Waals surface area contributed by atoms with Crippen molar-refractivity contribution in [3.05, 3.63) is 82.8 Å². The summed E-state index contributed by atoms with van der Waals surface area (Å²) in [6, 6.07) is 24.4. The minimum Gasteiger partial charge on any atom is -0.0827 e. The summed E-state index contributed by atoms with van der Waals surface area (Å²) in [4.78, 5) is 0. The van der Waals surface area contributed by atoms with E-state index in [9.17, 15) is 0 Å². The van der Waals surface area contributed by atoms with Gasteiger partial charge in [0.1, 0.15) is 0 Å². The molecule has 0 aliphatic carbocycles. The lowest BCUT2D eigenvalue weighted by molar-refractivity contribution is 1.59. The van der Waals surface area contributed by atoms with Gasteiger partial charge in [0, 0.05) is 0 Å². The zero-order valence-electron chi connectivity index (χ0n) is 10.7. The van der Waals surface area contributed by atoms with E-state index in [1.165, 1.54) is 11.1 Å². The maximum absolute atomic E-state index is 6.06. The number of rotatable bonds is 2. The van der Waals surface area contributed by atoms with Crippen LogP contribution in [-0.2, 0) is 0 Å². The highest BCUT2D eigenvalue weighted by Gasteiger charge is 2.03. The van der Waals surface area contributed by atoms with Crippen molar-refractivity contribution < 1.29 is 0 Å². The second-order valence-corrected chi connectivity index (χ2v) is 5.39. The molecule has 0 nitrogen and oxygen atoms in total. The highest BCUT2D eigenvalue weighted by Crippen LogP contribution is 2.29. The molecule has 0 unspecified atom stereocenters. The van der Waals surface area contributed by atoms with Gasteiger partial charge in [-0.15, -0.1) is 0 Å². The van der Waals surface area contributed by atoms with Crippen LogP contribution in [0.4, 0.5) is 0 Å². The predicted molar refractivity (Wildman–Crippen MR) is 87.3 cm³/mol. The Hall–Kier alpha value is -1.76. The summed E-state index contributed by atoms with van der Waals surface area (Å²) in [6.07, 6.45) is 0. The Morgan fingerprint density at radius 3 is 1.55 bits per heavy atom. The first-order valence-electron chi connectivity index (χ1n) is 6.35. The molecule has 0 aliphatic rings. The van der Waals surface area contributed by atoms with E-state index in [0.717, 1.165) is 11.1 Å². The second kappa shape index (κ2) is 5.70. The van der Waals surface area contributed by atoms with Crippen molar-refractivity contribution in [2.24, 2.45) is 0 Å². The van der Waals surface area contributed by atoms with Gasteiger partial charge in [0.15, 0.2) is 0 Å². The average Bonchev–Trinajstić information content (AvgIpc) is 2.51. The Morgan fingerprint density at radius 1 is 0.450 bits per heavy atom. The van der Waals surface area contributed by atoms with Gasteiger partial charge in [0.2, 0.25) is 0 Å². The molecule has 0 aromatic heterocycles. The zero-order valence-corrected chi connectivity index (χ0v) is 12.2. The smallest absolute Gasteiger partial charge is 0.0598 e. The molecule has 0 N–H and O–H groups in total. The van der Waals surface area contributed by atoms with Crippen LogP contribution in [0.5, 0.6) is 0 Å². The van der Waals surface area contributed by atoms with E-state index in [1.807, 2.05) is 36.4 Å². The molecule has 0 saturated heterocycles. The molecule has 3 aromatic rings. The highest BCUT2D eigenvalue weighted by atomic mass is 35.5. The summed E-state index contributed by atoms with van der Waals surface area (Å²) < 4.78 is 0. The van der Waals surface area contributed by atoms with Crippen LogP contribution in [0.25, 0.3) is 22.3 Å². The lowest BCUT2D eigenvalue weighted by Crippen LogP contribution is -1.81. The van der Waals surface area contributed by atoms with Gasteiger partial charge < -0.3 is 0 Å². The summed E-state index contributed by atoms with van der Waals surface area (Å²) in [7, 11) is 0. The van der Waals surface area contributed by atoms with Crippen LogP contribution >= 0.6 is 23.2 Å². The molecule has 0 fully saturated rings.